The number of rotatable bonds is 7. The highest BCUT2D eigenvalue weighted by atomic mass is 33.1. The van der Waals surface area contributed by atoms with Crippen molar-refractivity contribution >= 4 is 21.6 Å². The number of aromatic hydroxyl groups is 2. The van der Waals surface area contributed by atoms with Crippen LogP contribution >= 0.6 is 21.6 Å². The topological polar surface area (TPSA) is 66.2 Å². The number of pyridine rings is 2. The van der Waals surface area contributed by atoms with Crippen LogP contribution in [-0.2, 0) is 12.8 Å². The molecule has 4 nitrogen and oxygen atoms in total. The van der Waals surface area contributed by atoms with Crippen molar-refractivity contribution in [1.29, 1.82) is 0 Å². The lowest BCUT2D eigenvalue weighted by Gasteiger charge is -2.09. The molecule has 0 atom stereocenters. The molecular formula is C16H20N2O2S2. The maximum Gasteiger partial charge on any atom is 0.151 e. The zero-order chi connectivity index (χ0) is 15.9. The van der Waals surface area contributed by atoms with Crippen LogP contribution in [0.2, 0.25) is 0 Å². The molecule has 0 saturated heterocycles. The molecule has 0 fully saturated rings. The van der Waals surface area contributed by atoms with E-state index in [2.05, 4.69) is 23.8 Å². The van der Waals surface area contributed by atoms with Gasteiger partial charge in [0, 0.05) is 12.4 Å². The van der Waals surface area contributed by atoms with E-state index in [1.807, 2.05) is 12.1 Å². The third kappa shape index (κ3) is 4.08. The lowest BCUT2D eigenvalue weighted by atomic mass is 10.1. The molecule has 0 aromatic carbocycles. The lowest BCUT2D eigenvalue weighted by molar-refractivity contribution is 0.448. The van der Waals surface area contributed by atoms with Gasteiger partial charge in [0.05, 0.1) is 0 Å². The minimum Gasteiger partial charge on any atom is -0.505 e. The van der Waals surface area contributed by atoms with Crippen molar-refractivity contribution in [2.24, 2.45) is 0 Å². The molecule has 2 heterocycles. The molecule has 2 N–H and O–H groups in total. The monoisotopic (exact) mass is 336 g/mol. The molecule has 0 aliphatic carbocycles. The van der Waals surface area contributed by atoms with E-state index < -0.39 is 0 Å². The van der Waals surface area contributed by atoms with Crippen molar-refractivity contribution in [3.05, 3.63) is 35.7 Å². The zero-order valence-corrected chi connectivity index (χ0v) is 14.4. The maximum absolute atomic E-state index is 10.2. The van der Waals surface area contributed by atoms with E-state index in [1.54, 1.807) is 12.4 Å². The fraction of sp³-hybridized carbons (Fsp3) is 0.375. The van der Waals surface area contributed by atoms with Crippen molar-refractivity contribution in [3.63, 3.8) is 0 Å². The van der Waals surface area contributed by atoms with Gasteiger partial charge in [0.2, 0.25) is 0 Å². The fourth-order valence-electron chi connectivity index (χ4n) is 2.09. The zero-order valence-electron chi connectivity index (χ0n) is 12.7. The van der Waals surface area contributed by atoms with Gasteiger partial charge in [0.25, 0.3) is 0 Å². The molecule has 6 heteroatoms. The predicted octanol–water partition coefficient (Wildman–Crippen LogP) is 4.59. The third-order valence-corrected chi connectivity index (χ3v) is 5.38. The Labute approximate surface area is 138 Å². The van der Waals surface area contributed by atoms with Gasteiger partial charge in [-0.25, -0.2) is 9.97 Å². The first-order valence-corrected chi connectivity index (χ1v) is 9.50. The van der Waals surface area contributed by atoms with Crippen LogP contribution in [0.3, 0.4) is 0 Å². The predicted molar refractivity (Wildman–Crippen MR) is 91.5 cm³/mol. The quantitative estimate of drug-likeness (QED) is 0.721. The molecular weight excluding hydrogens is 316 g/mol. The number of aromatic nitrogens is 2. The van der Waals surface area contributed by atoms with Crippen LogP contribution in [0, 0.1) is 0 Å². The molecule has 118 valence electrons. The van der Waals surface area contributed by atoms with Gasteiger partial charge in [0.15, 0.2) is 11.5 Å². The van der Waals surface area contributed by atoms with Crippen molar-refractivity contribution in [2.45, 2.75) is 49.6 Å². The lowest BCUT2D eigenvalue weighted by Crippen LogP contribution is -1.90. The van der Waals surface area contributed by atoms with Crippen molar-refractivity contribution in [3.8, 4) is 11.5 Å². The molecule has 0 radical (unpaired) electrons. The number of nitrogens with zero attached hydrogens (tertiary/aromatic N) is 2. The Balaban J connectivity index is 2.14. The third-order valence-electron chi connectivity index (χ3n) is 3.19. The molecule has 2 rings (SSSR count). The van der Waals surface area contributed by atoms with Crippen LogP contribution in [-0.4, -0.2) is 20.2 Å². The van der Waals surface area contributed by atoms with Crippen LogP contribution in [0.15, 0.2) is 34.6 Å². The second-order valence-corrected chi connectivity index (χ2v) is 7.02. The summed E-state index contributed by atoms with van der Waals surface area (Å²) in [6, 6.07) is 3.68. The molecule has 22 heavy (non-hydrogen) atoms. The van der Waals surface area contributed by atoms with Gasteiger partial charge in [-0.3, -0.25) is 0 Å². The molecule has 0 amide bonds. The van der Waals surface area contributed by atoms with Gasteiger partial charge in [-0.2, -0.15) is 0 Å². The standard InChI is InChI=1S/C16H20N2O2S2/c1-3-5-11-7-9-17-15(13(11)19)21-22-16-14(20)12(6-4-2)8-10-18-16/h7-10,19-20H,3-6H2,1-2H3. The molecule has 2 aromatic rings. The summed E-state index contributed by atoms with van der Waals surface area (Å²) in [5, 5.41) is 21.6. The summed E-state index contributed by atoms with van der Waals surface area (Å²) >= 11 is 0. The molecule has 0 unspecified atom stereocenters. The Kier molecular flexibility index (Phi) is 6.39. The molecule has 0 saturated carbocycles. The maximum atomic E-state index is 10.2. The highest BCUT2D eigenvalue weighted by Crippen LogP contribution is 2.44. The second kappa shape index (κ2) is 8.29. The highest BCUT2D eigenvalue weighted by molar-refractivity contribution is 8.76. The largest absolute Gasteiger partial charge is 0.505 e. The van der Waals surface area contributed by atoms with E-state index in [0.717, 1.165) is 36.8 Å². The summed E-state index contributed by atoms with van der Waals surface area (Å²) in [5.41, 5.74) is 1.80. The summed E-state index contributed by atoms with van der Waals surface area (Å²) in [6.45, 7) is 4.14. The van der Waals surface area contributed by atoms with Crippen LogP contribution < -0.4 is 0 Å². The van der Waals surface area contributed by atoms with E-state index >= 15 is 0 Å². The Bertz CT molecular complexity index is 580. The summed E-state index contributed by atoms with van der Waals surface area (Å²) < 4.78 is 0. The van der Waals surface area contributed by atoms with Gasteiger partial charge in [-0.05, 0) is 57.7 Å². The summed E-state index contributed by atoms with van der Waals surface area (Å²) in [6.07, 6.45) is 6.99. The van der Waals surface area contributed by atoms with E-state index in [-0.39, 0.29) is 11.5 Å². The molecule has 2 aromatic heterocycles. The molecule has 0 spiro atoms. The van der Waals surface area contributed by atoms with Gasteiger partial charge in [0.1, 0.15) is 10.1 Å². The first kappa shape index (κ1) is 17.0. The van der Waals surface area contributed by atoms with Crippen LogP contribution in [0.1, 0.15) is 37.8 Å². The van der Waals surface area contributed by atoms with Crippen molar-refractivity contribution in [2.75, 3.05) is 0 Å². The fourth-order valence-corrected chi connectivity index (χ4v) is 4.08. The number of hydrogen-bond acceptors (Lipinski definition) is 6. The van der Waals surface area contributed by atoms with Gasteiger partial charge in [-0.1, -0.05) is 26.7 Å². The van der Waals surface area contributed by atoms with Gasteiger partial charge >= 0.3 is 0 Å². The van der Waals surface area contributed by atoms with Crippen molar-refractivity contribution < 1.29 is 10.2 Å². The number of hydrogen-bond donors (Lipinski definition) is 2. The Hall–Kier alpha value is -1.40. The number of aryl methyl sites for hydroxylation is 2. The SMILES string of the molecule is CCCc1ccnc(SSc2nccc(CCC)c2O)c1O. The van der Waals surface area contributed by atoms with Gasteiger partial charge < -0.3 is 10.2 Å². The van der Waals surface area contributed by atoms with E-state index in [9.17, 15) is 10.2 Å². The normalized spacial score (nSPS) is 10.8. The van der Waals surface area contributed by atoms with E-state index in [0.29, 0.717) is 10.1 Å². The second-order valence-electron chi connectivity index (χ2n) is 4.91. The summed E-state index contributed by atoms with van der Waals surface area (Å²) in [5.74, 6) is 0.456. The summed E-state index contributed by atoms with van der Waals surface area (Å²) in [4.78, 5) is 8.41. The average molecular weight is 336 g/mol. The average Bonchev–Trinajstić information content (AvgIpc) is 2.52. The van der Waals surface area contributed by atoms with Crippen LogP contribution in [0.25, 0.3) is 0 Å². The van der Waals surface area contributed by atoms with E-state index in [4.69, 9.17) is 0 Å². The highest BCUT2D eigenvalue weighted by Gasteiger charge is 2.13. The Morgan fingerprint density at radius 1 is 0.818 bits per heavy atom. The first-order valence-electron chi connectivity index (χ1n) is 7.35. The minimum absolute atomic E-state index is 0.228. The van der Waals surface area contributed by atoms with Crippen LogP contribution in [0.5, 0.6) is 11.5 Å². The van der Waals surface area contributed by atoms with Crippen LogP contribution in [0.4, 0.5) is 0 Å². The van der Waals surface area contributed by atoms with Gasteiger partial charge in [-0.15, -0.1) is 0 Å². The molecule has 0 aliphatic heterocycles. The van der Waals surface area contributed by atoms with Crippen molar-refractivity contribution in [1.82, 2.24) is 9.97 Å². The first-order chi connectivity index (χ1) is 10.7. The Morgan fingerprint density at radius 3 is 1.59 bits per heavy atom. The Morgan fingerprint density at radius 2 is 1.23 bits per heavy atom. The molecule has 0 bridgehead atoms. The smallest absolute Gasteiger partial charge is 0.151 e. The summed E-state index contributed by atoms with van der Waals surface area (Å²) in [7, 11) is 2.63. The minimum atomic E-state index is 0.228. The molecule has 0 aliphatic rings. The van der Waals surface area contributed by atoms with E-state index in [1.165, 1.54) is 21.6 Å².